The molecule has 2 aromatic rings. The van der Waals surface area contributed by atoms with Gasteiger partial charge in [-0.3, -0.25) is 4.90 Å². The molecule has 0 N–H and O–H groups in total. The highest BCUT2D eigenvalue weighted by atomic mass is 32.1. The van der Waals surface area contributed by atoms with Crippen LogP contribution in [0.4, 0.5) is 5.13 Å². The molecule has 1 aromatic carbocycles. The number of piperidine rings is 1. The van der Waals surface area contributed by atoms with Crippen molar-refractivity contribution in [3.05, 3.63) is 47.0 Å². The summed E-state index contributed by atoms with van der Waals surface area (Å²) in [5.74, 6) is 0. The van der Waals surface area contributed by atoms with Gasteiger partial charge in [0.15, 0.2) is 5.13 Å². The van der Waals surface area contributed by atoms with Crippen molar-refractivity contribution in [2.24, 2.45) is 0 Å². The zero-order chi connectivity index (χ0) is 17.6. The highest BCUT2D eigenvalue weighted by molar-refractivity contribution is 7.15. The van der Waals surface area contributed by atoms with Crippen LogP contribution in [0.5, 0.6) is 0 Å². The molecule has 0 unspecified atom stereocenters. The molecular formula is C20H30N4S. The normalized spacial score (nSPS) is 18.6. The Bertz CT molecular complexity index is 640. The second-order valence-corrected chi connectivity index (χ2v) is 8.34. The first-order chi connectivity index (χ1) is 12.1. The van der Waals surface area contributed by atoms with Crippen molar-refractivity contribution in [3.63, 3.8) is 0 Å². The number of nitrogens with zero attached hydrogens (tertiary/aromatic N) is 4. The lowest BCUT2D eigenvalue weighted by Gasteiger charge is -2.37. The Balaban J connectivity index is 1.49. The standard InChI is InChI=1S/C20H30N4S/c1-22(2)20-21-14-19(25-20)16-23(3)18-10-7-12-24(15-18)13-11-17-8-5-4-6-9-17/h4-6,8-9,14,18H,7,10-13,15-16H2,1-3H3/t18-/m0/s1. The average Bonchev–Trinajstić information content (AvgIpc) is 3.10. The number of hydrogen-bond acceptors (Lipinski definition) is 5. The molecule has 1 atom stereocenters. The Morgan fingerprint density at radius 3 is 2.72 bits per heavy atom. The van der Waals surface area contributed by atoms with Crippen molar-refractivity contribution in [1.29, 1.82) is 0 Å². The van der Waals surface area contributed by atoms with Crippen molar-refractivity contribution < 1.29 is 0 Å². The minimum atomic E-state index is 0.648. The zero-order valence-corrected chi connectivity index (χ0v) is 16.5. The lowest BCUT2D eigenvalue weighted by molar-refractivity contribution is 0.113. The minimum absolute atomic E-state index is 0.648. The summed E-state index contributed by atoms with van der Waals surface area (Å²) in [4.78, 5) is 13.1. The predicted octanol–water partition coefficient (Wildman–Crippen LogP) is 3.35. The molecule has 136 valence electrons. The predicted molar refractivity (Wildman–Crippen MR) is 108 cm³/mol. The lowest BCUT2D eigenvalue weighted by Crippen LogP contribution is -2.46. The molecule has 0 saturated carbocycles. The van der Waals surface area contributed by atoms with Gasteiger partial charge in [-0.1, -0.05) is 30.3 Å². The van der Waals surface area contributed by atoms with Crippen molar-refractivity contribution in [2.75, 3.05) is 45.7 Å². The van der Waals surface area contributed by atoms with E-state index in [0.29, 0.717) is 6.04 Å². The maximum Gasteiger partial charge on any atom is 0.185 e. The third kappa shape index (κ3) is 5.27. The zero-order valence-electron chi connectivity index (χ0n) is 15.7. The summed E-state index contributed by atoms with van der Waals surface area (Å²) in [6.45, 7) is 4.59. The fourth-order valence-corrected chi connectivity index (χ4v) is 4.37. The smallest absolute Gasteiger partial charge is 0.185 e. The summed E-state index contributed by atoms with van der Waals surface area (Å²) in [5.41, 5.74) is 1.44. The van der Waals surface area contributed by atoms with Gasteiger partial charge in [-0.15, -0.1) is 11.3 Å². The average molecular weight is 359 g/mol. The van der Waals surface area contributed by atoms with Crippen LogP contribution in [0.25, 0.3) is 0 Å². The number of benzene rings is 1. The van der Waals surface area contributed by atoms with Crippen LogP contribution in [0.1, 0.15) is 23.3 Å². The van der Waals surface area contributed by atoms with Gasteiger partial charge in [0.1, 0.15) is 0 Å². The molecule has 5 heteroatoms. The van der Waals surface area contributed by atoms with E-state index in [9.17, 15) is 0 Å². The van der Waals surface area contributed by atoms with Gasteiger partial charge in [0.05, 0.1) is 0 Å². The second-order valence-electron chi connectivity index (χ2n) is 7.25. The molecule has 0 aliphatic carbocycles. The molecule has 0 spiro atoms. The number of thiazole rings is 1. The first-order valence-corrected chi connectivity index (χ1v) is 10.0. The van der Waals surface area contributed by atoms with Gasteiger partial charge in [-0.25, -0.2) is 4.98 Å². The molecule has 1 aliphatic rings. The molecule has 25 heavy (non-hydrogen) atoms. The van der Waals surface area contributed by atoms with Crippen LogP contribution in [0, 0.1) is 0 Å². The van der Waals surface area contributed by atoms with E-state index in [2.05, 4.69) is 71.2 Å². The van der Waals surface area contributed by atoms with E-state index in [0.717, 1.165) is 18.1 Å². The fourth-order valence-electron chi connectivity index (χ4n) is 3.48. The molecule has 3 rings (SSSR count). The largest absolute Gasteiger partial charge is 0.354 e. The third-order valence-electron chi connectivity index (χ3n) is 4.99. The number of likely N-dealkylation sites (N-methyl/N-ethyl adjacent to an activating group) is 1. The molecule has 1 saturated heterocycles. The fraction of sp³-hybridized carbons (Fsp3) is 0.550. The summed E-state index contributed by atoms with van der Waals surface area (Å²) in [6.07, 6.45) is 5.79. The van der Waals surface area contributed by atoms with E-state index in [1.807, 2.05) is 6.20 Å². The monoisotopic (exact) mass is 358 g/mol. The maximum atomic E-state index is 4.50. The van der Waals surface area contributed by atoms with Crippen molar-refractivity contribution in [3.8, 4) is 0 Å². The first-order valence-electron chi connectivity index (χ1n) is 9.20. The summed E-state index contributed by atoms with van der Waals surface area (Å²) in [6, 6.07) is 11.5. The highest BCUT2D eigenvalue weighted by Gasteiger charge is 2.23. The summed E-state index contributed by atoms with van der Waals surface area (Å²) in [5, 5.41) is 1.09. The first kappa shape index (κ1) is 18.4. The van der Waals surface area contributed by atoms with E-state index >= 15 is 0 Å². The topological polar surface area (TPSA) is 22.6 Å². The van der Waals surface area contributed by atoms with Crippen LogP contribution in [0.15, 0.2) is 36.5 Å². The van der Waals surface area contributed by atoms with Crippen molar-refractivity contribution >= 4 is 16.5 Å². The Kier molecular flexibility index (Phi) is 6.45. The van der Waals surface area contributed by atoms with Gasteiger partial charge in [0, 0.05) is 50.8 Å². The lowest BCUT2D eigenvalue weighted by atomic mass is 10.0. The van der Waals surface area contributed by atoms with E-state index in [4.69, 9.17) is 0 Å². The van der Waals surface area contributed by atoms with Gasteiger partial charge < -0.3 is 9.80 Å². The Morgan fingerprint density at radius 2 is 2.00 bits per heavy atom. The number of anilines is 1. The Morgan fingerprint density at radius 1 is 1.20 bits per heavy atom. The number of rotatable bonds is 7. The number of hydrogen-bond donors (Lipinski definition) is 0. The van der Waals surface area contributed by atoms with Gasteiger partial charge in [0.25, 0.3) is 0 Å². The molecule has 0 amide bonds. The molecule has 4 nitrogen and oxygen atoms in total. The molecule has 1 aromatic heterocycles. The van der Waals surface area contributed by atoms with Crippen molar-refractivity contribution in [1.82, 2.24) is 14.8 Å². The Hall–Kier alpha value is -1.43. The van der Waals surface area contributed by atoms with Crippen LogP contribution in [-0.4, -0.2) is 61.6 Å². The molecule has 2 heterocycles. The van der Waals surface area contributed by atoms with E-state index in [1.165, 1.54) is 42.9 Å². The summed E-state index contributed by atoms with van der Waals surface area (Å²) in [7, 11) is 6.37. The minimum Gasteiger partial charge on any atom is -0.354 e. The van der Waals surface area contributed by atoms with Crippen LogP contribution in [-0.2, 0) is 13.0 Å². The molecule has 1 aliphatic heterocycles. The van der Waals surface area contributed by atoms with E-state index in [1.54, 1.807) is 11.3 Å². The highest BCUT2D eigenvalue weighted by Crippen LogP contribution is 2.23. The van der Waals surface area contributed by atoms with Crippen LogP contribution in [0.3, 0.4) is 0 Å². The van der Waals surface area contributed by atoms with E-state index in [-0.39, 0.29) is 0 Å². The second kappa shape index (κ2) is 8.79. The number of likely N-dealkylation sites (tertiary alicyclic amines) is 1. The summed E-state index contributed by atoms with van der Waals surface area (Å²) >= 11 is 1.80. The van der Waals surface area contributed by atoms with Crippen molar-refractivity contribution in [2.45, 2.75) is 31.8 Å². The van der Waals surface area contributed by atoms with E-state index < -0.39 is 0 Å². The van der Waals surface area contributed by atoms with Crippen LogP contribution in [0.2, 0.25) is 0 Å². The van der Waals surface area contributed by atoms with Gasteiger partial charge in [0.2, 0.25) is 0 Å². The van der Waals surface area contributed by atoms with Crippen LogP contribution >= 0.6 is 11.3 Å². The van der Waals surface area contributed by atoms with Gasteiger partial charge in [-0.2, -0.15) is 0 Å². The molecule has 0 radical (unpaired) electrons. The van der Waals surface area contributed by atoms with Crippen LogP contribution < -0.4 is 4.90 Å². The molecular weight excluding hydrogens is 328 g/mol. The van der Waals surface area contributed by atoms with Gasteiger partial charge >= 0.3 is 0 Å². The maximum absolute atomic E-state index is 4.50. The van der Waals surface area contributed by atoms with Gasteiger partial charge in [-0.05, 0) is 38.4 Å². The Labute approximate surface area is 156 Å². The summed E-state index contributed by atoms with van der Waals surface area (Å²) < 4.78 is 0. The molecule has 0 bridgehead atoms. The number of aromatic nitrogens is 1. The molecule has 1 fully saturated rings. The SMILES string of the molecule is CN(C)c1ncc(CN(C)[C@H]2CCCN(CCc3ccccc3)C2)s1. The third-order valence-corrected chi connectivity index (χ3v) is 6.14. The quantitative estimate of drug-likeness (QED) is 0.757.